The van der Waals surface area contributed by atoms with E-state index < -0.39 is 0 Å². The van der Waals surface area contributed by atoms with Crippen LogP contribution in [0.4, 0.5) is 0 Å². The quantitative estimate of drug-likeness (QED) is 0.594. The van der Waals surface area contributed by atoms with Gasteiger partial charge in [0.05, 0.1) is 0 Å². The van der Waals surface area contributed by atoms with Gasteiger partial charge in [-0.1, -0.05) is 18.2 Å². The Balaban J connectivity index is 2.15. The summed E-state index contributed by atoms with van der Waals surface area (Å²) in [5, 5.41) is 0. The van der Waals surface area contributed by atoms with Crippen molar-refractivity contribution >= 4 is 0 Å². The first kappa shape index (κ1) is 8.49. The van der Waals surface area contributed by atoms with Crippen LogP contribution in [-0.2, 0) is 0 Å². The second-order valence-electron chi connectivity index (χ2n) is 3.71. The van der Waals surface area contributed by atoms with Crippen LogP contribution < -0.4 is 0 Å². The molecule has 13 heavy (non-hydrogen) atoms. The van der Waals surface area contributed by atoms with Crippen molar-refractivity contribution in [1.29, 1.82) is 0 Å². The van der Waals surface area contributed by atoms with Crippen molar-refractivity contribution in [2.45, 2.75) is 32.1 Å². The van der Waals surface area contributed by atoms with Crippen LogP contribution in [-0.4, -0.2) is 4.98 Å². The molecule has 1 aromatic rings. The average molecular weight is 173 g/mol. The first-order valence-corrected chi connectivity index (χ1v) is 4.94. The first-order chi connectivity index (χ1) is 6.36. The third-order valence-electron chi connectivity index (χ3n) is 2.67. The van der Waals surface area contributed by atoms with Crippen molar-refractivity contribution in [3.05, 3.63) is 41.7 Å². The molecule has 0 bridgehead atoms. The highest BCUT2D eigenvalue weighted by Gasteiger charge is 2.11. The van der Waals surface area contributed by atoms with E-state index in [0.717, 1.165) is 5.69 Å². The van der Waals surface area contributed by atoms with Crippen molar-refractivity contribution in [3.8, 4) is 0 Å². The van der Waals surface area contributed by atoms with Crippen molar-refractivity contribution in [2.24, 2.45) is 0 Å². The van der Waals surface area contributed by atoms with Crippen LogP contribution in [0, 0.1) is 6.92 Å². The van der Waals surface area contributed by atoms with Crippen LogP contribution in [0.3, 0.4) is 0 Å². The van der Waals surface area contributed by atoms with Gasteiger partial charge in [0.1, 0.15) is 0 Å². The van der Waals surface area contributed by atoms with Crippen molar-refractivity contribution in [1.82, 2.24) is 4.98 Å². The van der Waals surface area contributed by atoms with E-state index in [-0.39, 0.29) is 0 Å². The van der Waals surface area contributed by atoms with Crippen LogP contribution in [0.5, 0.6) is 0 Å². The van der Waals surface area contributed by atoms with Gasteiger partial charge in [0.2, 0.25) is 0 Å². The lowest BCUT2D eigenvalue weighted by molar-refractivity contribution is 0.614. The summed E-state index contributed by atoms with van der Waals surface area (Å²) < 4.78 is 0. The van der Waals surface area contributed by atoms with Crippen LogP contribution in [0.1, 0.15) is 36.4 Å². The summed E-state index contributed by atoms with van der Waals surface area (Å²) in [5.74, 6) is 0.707. The fraction of sp³-hybridized carbons (Fsp3) is 0.417. The molecular weight excluding hydrogens is 158 g/mol. The topological polar surface area (TPSA) is 12.9 Å². The summed E-state index contributed by atoms with van der Waals surface area (Å²) in [7, 11) is 0. The lowest BCUT2D eigenvalue weighted by Crippen LogP contribution is -2.01. The predicted molar refractivity (Wildman–Crippen MR) is 54.7 cm³/mol. The Morgan fingerprint density at radius 3 is 2.85 bits per heavy atom. The summed E-state index contributed by atoms with van der Waals surface area (Å²) in [6.45, 7) is 2.03. The molecule has 0 spiro atoms. The Kier molecular flexibility index (Phi) is 2.44. The second-order valence-corrected chi connectivity index (χ2v) is 3.71. The molecule has 0 aromatic carbocycles. The summed E-state index contributed by atoms with van der Waals surface area (Å²) in [6.07, 6.45) is 10.3. The zero-order valence-electron chi connectivity index (χ0n) is 8.03. The molecular formula is C12H15N. The van der Waals surface area contributed by atoms with Gasteiger partial charge in [-0.05, 0) is 43.7 Å². The molecule has 68 valence electrons. The van der Waals surface area contributed by atoms with E-state index in [1.54, 1.807) is 0 Å². The second kappa shape index (κ2) is 3.73. The van der Waals surface area contributed by atoms with Gasteiger partial charge in [-0.25, -0.2) is 0 Å². The van der Waals surface area contributed by atoms with Gasteiger partial charge >= 0.3 is 0 Å². The fourth-order valence-corrected chi connectivity index (χ4v) is 1.82. The lowest BCUT2D eigenvalue weighted by atomic mass is 9.89. The molecule has 1 aliphatic rings. The molecule has 0 fully saturated rings. The highest BCUT2D eigenvalue weighted by Crippen LogP contribution is 2.28. The monoisotopic (exact) mass is 173 g/mol. The van der Waals surface area contributed by atoms with Crippen molar-refractivity contribution in [2.75, 3.05) is 0 Å². The van der Waals surface area contributed by atoms with Crippen LogP contribution in [0.2, 0.25) is 0 Å². The molecule has 0 radical (unpaired) electrons. The summed E-state index contributed by atoms with van der Waals surface area (Å²) in [5.41, 5.74) is 2.50. The van der Waals surface area contributed by atoms with Crippen LogP contribution in [0.15, 0.2) is 30.5 Å². The van der Waals surface area contributed by atoms with E-state index in [2.05, 4.69) is 29.3 Å². The third-order valence-corrected chi connectivity index (χ3v) is 2.67. The van der Waals surface area contributed by atoms with Crippen molar-refractivity contribution in [3.63, 3.8) is 0 Å². The zero-order valence-corrected chi connectivity index (χ0v) is 8.03. The van der Waals surface area contributed by atoms with E-state index in [1.807, 2.05) is 13.1 Å². The molecule has 0 N–H and O–H groups in total. The Hall–Kier alpha value is -1.11. The van der Waals surface area contributed by atoms with Gasteiger partial charge in [-0.2, -0.15) is 0 Å². The number of aromatic nitrogens is 1. The molecule has 0 saturated heterocycles. The van der Waals surface area contributed by atoms with Crippen molar-refractivity contribution < 1.29 is 0 Å². The Bertz CT molecular complexity index is 297. The van der Waals surface area contributed by atoms with E-state index in [1.165, 1.54) is 24.8 Å². The Morgan fingerprint density at radius 1 is 1.31 bits per heavy atom. The number of rotatable bonds is 1. The maximum absolute atomic E-state index is 4.33. The molecule has 1 nitrogen and oxygen atoms in total. The van der Waals surface area contributed by atoms with Gasteiger partial charge in [0, 0.05) is 11.9 Å². The van der Waals surface area contributed by atoms with E-state index >= 15 is 0 Å². The fourth-order valence-electron chi connectivity index (χ4n) is 1.82. The zero-order chi connectivity index (χ0) is 9.10. The SMILES string of the molecule is Cc1ccc(C2CC=CCC2)cn1. The molecule has 1 unspecified atom stereocenters. The summed E-state index contributed by atoms with van der Waals surface area (Å²) in [6, 6.07) is 4.32. The minimum atomic E-state index is 0.707. The van der Waals surface area contributed by atoms with Gasteiger partial charge in [-0.3, -0.25) is 4.98 Å². The minimum absolute atomic E-state index is 0.707. The highest BCUT2D eigenvalue weighted by atomic mass is 14.7. The molecule has 1 aliphatic carbocycles. The predicted octanol–water partition coefficient (Wildman–Crippen LogP) is 3.21. The molecule has 1 aromatic heterocycles. The lowest BCUT2D eigenvalue weighted by Gasteiger charge is -2.17. The summed E-state index contributed by atoms with van der Waals surface area (Å²) in [4.78, 5) is 4.33. The smallest absolute Gasteiger partial charge is 0.0372 e. The standard InChI is InChI=1S/C12H15N/c1-10-7-8-12(9-13-10)11-5-3-2-4-6-11/h2-3,7-9,11H,4-6H2,1H3. The molecule has 1 atom stereocenters. The Morgan fingerprint density at radius 2 is 2.23 bits per heavy atom. The molecule has 2 rings (SSSR count). The number of pyridine rings is 1. The average Bonchev–Trinajstić information content (AvgIpc) is 2.20. The molecule has 1 heteroatoms. The van der Waals surface area contributed by atoms with E-state index in [4.69, 9.17) is 0 Å². The number of allylic oxidation sites excluding steroid dienone is 2. The van der Waals surface area contributed by atoms with E-state index in [0.29, 0.717) is 5.92 Å². The minimum Gasteiger partial charge on any atom is -0.261 e. The van der Waals surface area contributed by atoms with Crippen LogP contribution in [0.25, 0.3) is 0 Å². The molecule has 0 amide bonds. The number of aryl methyl sites for hydroxylation is 1. The largest absolute Gasteiger partial charge is 0.261 e. The maximum Gasteiger partial charge on any atom is 0.0372 e. The number of hydrogen-bond donors (Lipinski definition) is 0. The number of hydrogen-bond acceptors (Lipinski definition) is 1. The Labute approximate surface area is 79.5 Å². The normalized spacial score (nSPS) is 21.8. The molecule has 0 aliphatic heterocycles. The summed E-state index contributed by atoms with van der Waals surface area (Å²) >= 11 is 0. The highest BCUT2D eigenvalue weighted by molar-refractivity contribution is 5.19. The third kappa shape index (κ3) is 1.97. The maximum atomic E-state index is 4.33. The number of nitrogens with zero attached hydrogens (tertiary/aromatic N) is 1. The van der Waals surface area contributed by atoms with E-state index in [9.17, 15) is 0 Å². The van der Waals surface area contributed by atoms with Gasteiger partial charge in [0.15, 0.2) is 0 Å². The molecule has 0 saturated carbocycles. The van der Waals surface area contributed by atoms with Gasteiger partial charge in [-0.15, -0.1) is 0 Å². The van der Waals surface area contributed by atoms with Gasteiger partial charge < -0.3 is 0 Å². The van der Waals surface area contributed by atoms with Gasteiger partial charge in [0.25, 0.3) is 0 Å². The van der Waals surface area contributed by atoms with Crippen LogP contribution >= 0.6 is 0 Å². The first-order valence-electron chi connectivity index (χ1n) is 4.94. The molecule has 1 heterocycles.